The number of phenolic OH excluding ortho intramolecular Hbond substituents is 2. The summed E-state index contributed by atoms with van der Waals surface area (Å²) in [7, 11) is 3.10. The summed E-state index contributed by atoms with van der Waals surface area (Å²) in [6.07, 6.45) is 7.39. The van der Waals surface area contributed by atoms with E-state index in [4.69, 9.17) is 18.9 Å². The number of aromatic hydroxyl groups is 2. The molecular weight excluding hydrogens is 448 g/mol. The van der Waals surface area contributed by atoms with Gasteiger partial charge in [-0.2, -0.15) is 0 Å². The number of carbonyl (C=O) groups excluding carboxylic acids is 1. The maximum absolute atomic E-state index is 12.7. The van der Waals surface area contributed by atoms with E-state index in [0.717, 1.165) is 5.56 Å². The van der Waals surface area contributed by atoms with Crippen LogP contribution in [-0.2, 0) is 0 Å². The molecule has 0 aromatic heterocycles. The molecule has 7 nitrogen and oxygen atoms in total. The lowest BCUT2D eigenvalue weighted by Gasteiger charge is -2.34. The monoisotopic (exact) mass is 480 g/mol. The van der Waals surface area contributed by atoms with Crippen molar-refractivity contribution in [1.82, 2.24) is 0 Å². The number of Topliss-reactive ketones (excluding diaryl/α,β-unsaturated/α-hetero) is 1. The van der Waals surface area contributed by atoms with Gasteiger partial charge in [-0.1, -0.05) is 6.92 Å². The van der Waals surface area contributed by atoms with E-state index in [0.29, 0.717) is 28.4 Å². The normalized spacial score (nSPS) is 17.5. The first kappa shape index (κ1) is 24.5. The molecule has 0 saturated heterocycles. The molecule has 0 fully saturated rings. The average molecular weight is 481 g/mol. The van der Waals surface area contributed by atoms with Gasteiger partial charge in [0.1, 0.15) is 51.3 Å². The predicted molar refractivity (Wildman–Crippen MR) is 134 cm³/mol. The van der Waals surface area contributed by atoms with E-state index in [9.17, 15) is 15.0 Å². The van der Waals surface area contributed by atoms with Crippen LogP contribution >= 0.6 is 0 Å². The van der Waals surface area contributed by atoms with Crippen molar-refractivity contribution in [2.24, 2.45) is 0 Å². The van der Waals surface area contributed by atoms with E-state index in [1.54, 1.807) is 25.3 Å². The maximum atomic E-state index is 12.7. The largest absolute Gasteiger partial charge is 0.507 e. The molecule has 0 aliphatic carbocycles. The molecule has 1 atom stereocenters. The van der Waals surface area contributed by atoms with E-state index in [-0.39, 0.29) is 34.2 Å². The SMILES string of the molecule is COc1cc(OC)c(C(C)c2c(O)c3c(c(C(C)=O)c2O)OC(C)(C)C=C3)c2c1C=CC(C)(C)O2. The Morgan fingerprint density at radius 1 is 0.857 bits per heavy atom. The lowest BCUT2D eigenvalue weighted by atomic mass is 9.83. The molecule has 2 aliphatic rings. The number of phenols is 2. The van der Waals surface area contributed by atoms with Gasteiger partial charge in [0.15, 0.2) is 5.78 Å². The molecule has 35 heavy (non-hydrogen) atoms. The molecule has 0 bridgehead atoms. The zero-order valence-electron chi connectivity index (χ0n) is 21.4. The smallest absolute Gasteiger partial charge is 0.167 e. The van der Waals surface area contributed by atoms with E-state index < -0.39 is 17.1 Å². The Kier molecular flexibility index (Phi) is 5.78. The first-order chi connectivity index (χ1) is 16.3. The minimum atomic E-state index is -0.701. The second kappa shape index (κ2) is 8.26. The molecule has 1 unspecified atom stereocenters. The number of carbonyl (C=O) groups is 1. The van der Waals surface area contributed by atoms with Crippen molar-refractivity contribution in [3.05, 3.63) is 46.0 Å². The zero-order valence-corrected chi connectivity index (χ0v) is 21.4. The second-order valence-electron chi connectivity index (χ2n) is 10.0. The fraction of sp³-hybridized carbons (Fsp3) is 0.393. The molecule has 2 aromatic rings. The predicted octanol–water partition coefficient (Wildman–Crippen LogP) is 5.84. The van der Waals surface area contributed by atoms with Gasteiger partial charge in [0.25, 0.3) is 0 Å². The van der Waals surface area contributed by atoms with Crippen LogP contribution in [0.25, 0.3) is 12.2 Å². The van der Waals surface area contributed by atoms with Crippen LogP contribution < -0.4 is 18.9 Å². The Bertz CT molecular complexity index is 1280. The third-order valence-electron chi connectivity index (χ3n) is 6.45. The molecule has 0 radical (unpaired) electrons. The first-order valence-corrected chi connectivity index (χ1v) is 11.5. The summed E-state index contributed by atoms with van der Waals surface area (Å²) in [4.78, 5) is 12.7. The van der Waals surface area contributed by atoms with Gasteiger partial charge in [-0.15, -0.1) is 0 Å². The maximum Gasteiger partial charge on any atom is 0.167 e. The van der Waals surface area contributed by atoms with E-state index in [2.05, 4.69) is 0 Å². The number of ketones is 1. The highest BCUT2D eigenvalue weighted by molar-refractivity contribution is 6.02. The number of hydrogen-bond acceptors (Lipinski definition) is 7. The highest BCUT2D eigenvalue weighted by Gasteiger charge is 2.37. The van der Waals surface area contributed by atoms with Crippen LogP contribution in [0.5, 0.6) is 34.5 Å². The van der Waals surface area contributed by atoms with Crippen LogP contribution in [0.3, 0.4) is 0 Å². The van der Waals surface area contributed by atoms with Crippen molar-refractivity contribution >= 4 is 17.9 Å². The van der Waals surface area contributed by atoms with Crippen LogP contribution in [0.2, 0.25) is 0 Å². The molecule has 2 N–H and O–H groups in total. The number of fused-ring (bicyclic) bond motifs is 2. The van der Waals surface area contributed by atoms with Crippen molar-refractivity contribution < 1.29 is 34.0 Å². The summed E-state index contributed by atoms with van der Waals surface area (Å²) in [5, 5.41) is 22.7. The number of hydrogen-bond donors (Lipinski definition) is 2. The van der Waals surface area contributed by atoms with Gasteiger partial charge in [-0.3, -0.25) is 4.79 Å². The van der Waals surface area contributed by atoms with E-state index >= 15 is 0 Å². The van der Waals surface area contributed by atoms with Crippen LogP contribution in [0, 0.1) is 0 Å². The number of methoxy groups -OCH3 is 2. The fourth-order valence-electron chi connectivity index (χ4n) is 4.70. The van der Waals surface area contributed by atoms with Crippen molar-refractivity contribution in [2.45, 2.75) is 58.7 Å². The molecule has 4 rings (SSSR count). The van der Waals surface area contributed by atoms with Gasteiger partial charge in [0.05, 0.1) is 25.3 Å². The first-order valence-electron chi connectivity index (χ1n) is 11.5. The third kappa shape index (κ3) is 3.99. The standard InChI is InChI=1S/C28H32O7/c1-14(20-19(33-8)13-18(32-7)16-9-11-27(3,4)34-25(16)20)21-23(30)17-10-12-28(5,6)35-26(17)22(15(2)29)24(21)31/h9-14,30-31H,1-8H3. The minimum Gasteiger partial charge on any atom is -0.507 e. The van der Waals surface area contributed by atoms with Crippen LogP contribution in [-0.4, -0.2) is 41.4 Å². The van der Waals surface area contributed by atoms with Crippen molar-refractivity contribution in [2.75, 3.05) is 14.2 Å². The zero-order chi connectivity index (χ0) is 25.9. The number of ether oxygens (including phenoxy) is 4. The van der Waals surface area contributed by atoms with E-state index in [1.807, 2.05) is 46.8 Å². The Balaban J connectivity index is 2.03. The molecular formula is C28H32O7. The summed E-state index contributed by atoms with van der Waals surface area (Å²) >= 11 is 0. The molecule has 0 amide bonds. The summed E-state index contributed by atoms with van der Waals surface area (Å²) in [5.41, 5.74) is 0.586. The third-order valence-corrected chi connectivity index (χ3v) is 6.45. The quantitative estimate of drug-likeness (QED) is 0.519. The Morgan fingerprint density at radius 2 is 1.40 bits per heavy atom. The fourth-order valence-corrected chi connectivity index (χ4v) is 4.70. The lowest BCUT2D eigenvalue weighted by molar-refractivity contribution is 0.0996. The highest BCUT2D eigenvalue weighted by Crippen LogP contribution is 2.55. The Hall–Kier alpha value is -3.61. The van der Waals surface area contributed by atoms with Crippen molar-refractivity contribution in [3.8, 4) is 34.5 Å². The van der Waals surface area contributed by atoms with Gasteiger partial charge in [-0.05, 0) is 58.9 Å². The molecule has 2 aromatic carbocycles. The molecule has 2 heterocycles. The molecule has 186 valence electrons. The Morgan fingerprint density at radius 3 is 1.94 bits per heavy atom. The second-order valence-corrected chi connectivity index (χ2v) is 10.0. The summed E-state index contributed by atoms with van der Waals surface area (Å²) in [6.45, 7) is 10.7. The minimum absolute atomic E-state index is 0.0274. The van der Waals surface area contributed by atoms with Crippen molar-refractivity contribution in [3.63, 3.8) is 0 Å². The molecule has 0 saturated carbocycles. The van der Waals surface area contributed by atoms with Gasteiger partial charge in [0, 0.05) is 23.1 Å². The van der Waals surface area contributed by atoms with E-state index in [1.165, 1.54) is 14.0 Å². The Labute approximate surface area is 205 Å². The lowest BCUT2D eigenvalue weighted by Crippen LogP contribution is -2.29. The highest BCUT2D eigenvalue weighted by atomic mass is 16.5. The van der Waals surface area contributed by atoms with Crippen LogP contribution in [0.1, 0.15) is 80.1 Å². The van der Waals surface area contributed by atoms with Crippen LogP contribution in [0.15, 0.2) is 18.2 Å². The summed E-state index contributed by atoms with van der Waals surface area (Å²) in [6, 6.07) is 1.75. The molecule has 0 spiro atoms. The van der Waals surface area contributed by atoms with Gasteiger partial charge in [0.2, 0.25) is 0 Å². The van der Waals surface area contributed by atoms with Crippen LogP contribution in [0.4, 0.5) is 0 Å². The summed E-state index contributed by atoms with van der Waals surface area (Å²) in [5.74, 6) is 0.231. The van der Waals surface area contributed by atoms with Gasteiger partial charge in [-0.25, -0.2) is 0 Å². The average Bonchev–Trinajstić information content (AvgIpc) is 2.75. The van der Waals surface area contributed by atoms with Gasteiger partial charge >= 0.3 is 0 Å². The molecule has 7 heteroatoms. The topological polar surface area (TPSA) is 94.5 Å². The molecule has 2 aliphatic heterocycles. The summed E-state index contributed by atoms with van der Waals surface area (Å²) < 4.78 is 23.6. The van der Waals surface area contributed by atoms with Gasteiger partial charge < -0.3 is 29.2 Å². The van der Waals surface area contributed by atoms with Crippen molar-refractivity contribution in [1.29, 1.82) is 0 Å². The number of benzene rings is 2. The number of rotatable bonds is 5.